The van der Waals surface area contributed by atoms with Gasteiger partial charge < -0.3 is 23.7 Å². The molecule has 200 valence electrons. The van der Waals surface area contributed by atoms with Crippen molar-refractivity contribution >= 4 is 22.7 Å². The van der Waals surface area contributed by atoms with Crippen LogP contribution in [0.15, 0.2) is 42.5 Å². The summed E-state index contributed by atoms with van der Waals surface area (Å²) in [5.74, 6) is 0.740. The third kappa shape index (κ3) is 5.92. The second-order valence-electron chi connectivity index (χ2n) is 10.7. The monoisotopic (exact) mass is 510 g/mol. The van der Waals surface area contributed by atoms with Crippen LogP contribution in [0.25, 0.3) is 10.8 Å². The molecule has 0 spiro atoms. The molecule has 0 bridgehead atoms. The molecule has 0 radical (unpaired) electrons. The normalized spacial score (nSPS) is 17.1. The van der Waals surface area contributed by atoms with E-state index >= 15 is 0 Å². The number of carbonyl (C=O) groups excluding carboxylic acids is 2. The van der Waals surface area contributed by atoms with Gasteiger partial charge in [-0.25, -0.2) is 0 Å². The molecule has 0 heterocycles. The summed E-state index contributed by atoms with van der Waals surface area (Å²) in [4.78, 5) is 26.5. The van der Waals surface area contributed by atoms with Crippen LogP contribution in [0, 0.1) is 16.7 Å². The Hall–Kier alpha value is -3.48. The van der Waals surface area contributed by atoms with Crippen molar-refractivity contribution in [1.29, 1.82) is 0 Å². The molecule has 1 unspecified atom stereocenters. The summed E-state index contributed by atoms with van der Waals surface area (Å²) >= 11 is 0. The van der Waals surface area contributed by atoms with E-state index in [4.69, 9.17) is 23.7 Å². The quantitative estimate of drug-likeness (QED) is 0.276. The van der Waals surface area contributed by atoms with E-state index in [0.717, 1.165) is 0 Å². The molecule has 0 fully saturated rings. The van der Waals surface area contributed by atoms with Crippen molar-refractivity contribution in [1.82, 2.24) is 0 Å². The Balaban J connectivity index is 2.25. The lowest BCUT2D eigenvalue weighted by molar-refractivity contribution is -0.144. The van der Waals surface area contributed by atoms with Gasteiger partial charge in [0.25, 0.3) is 0 Å². The van der Waals surface area contributed by atoms with Crippen molar-refractivity contribution in [2.45, 2.75) is 54.4 Å². The maximum Gasteiger partial charge on any atom is 0.321 e. The molecular weight excluding hydrogens is 472 g/mol. The van der Waals surface area contributed by atoms with Gasteiger partial charge in [0.2, 0.25) is 11.5 Å². The minimum Gasteiger partial charge on any atom is -0.493 e. The van der Waals surface area contributed by atoms with E-state index in [-0.39, 0.29) is 23.0 Å². The molecule has 2 aromatic carbocycles. The van der Waals surface area contributed by atoms with Crippen molar-refractivity contribution in [2.75, 3.05) is 20.8 Å². The Morgan fingerprint density at radius 3 is 2.11 bits per heavy atom. The first-order valence-electron chi connectivity index (χ1n) is 12.6. The average molecular weight is 511 g/mol. The molecule has 0 aromatic heterocycles. The second-order valence-corrected chi connectivity index (χ2v) is 10.7. The number of hydrogen-bond donors (Lipinski definition) is 0. The highest BCUT2D eigenvalue weighted by Gasteiger charge is 2.38. The molecule has 0 amide bonds. The van der Waals surface area contributed by atoms with E-state index in [2.05, 4.69) is 13.8 Å². The molecular formula is C30H38O7. The van der Waals surface area contributed by atoms with Crippen LogP contribution < -0.4 is 23.7 Å². The first kappa shape index (κ1) is 28.1. The van der Waals surface area contributed by atoms with Crippen LogP contribution in [0.3, 0.4) is 0 Å². The second kappa shape index (κ2) is 11.3. The Morgan fingerprint density at radius 1 is 0.946 bits per heavy atom. The molecule has 0 N–H and O–H groups in total. The fraction of sp³-hybridized carbons (Fsp3) is 0.467. The SMILES string of the molecule is CCC1(C(=O)Oc2c(OC)c(OC)c(OC(=O)C(C)(C)C)c3ccc(OCC(C)C)cc23)C=CC=CC1. The van der Waals surface area contributed by atoms with E-state index in [9.17, 15) is 9.59 Å². The largest absolute Gasteiger partial charge is 0.493 e. The van der Waals surface area contributed by atoms with Gasteiger partial charge in [0.05, 0.1) is 31.7 Å². The molecule has 0 saturated carbocycles. The Labute approximate surface area is 219 Å². The number of carbonyl (C=O) groups is 2. The van der Waals surface area contributed by atoms with Gasteiger partial charge in [-0.1, -0.05) is 45.1 Å². The smallest absolute Gasteiger partial charge is 0.321 e. The Kier molecular flexibility index (Phi) is 8.57. The standard InChI is InChI=1S/C30H38O7/c1-9-30(15-11-10-12-16-30)28(32)37-24-22-17-20(35-18-19(2)3)13-14-21(22)23(25(33-7)26(24)34-8)36-27(31)29(4,5)6/h10-15,17,19H,9,16,18H2,1-8H3. The maximum atomic E-state index is 13.6. The number of benzene rings is 2. The van der Waals surface area contributed by atoms with E-state index in [1.807, 2.05) is 31.2 Å². The summed E-state index contributed by atoms with van der Waals surface area (Å²) in [6.45, 7) is 11.9. The first-order chi connectivity index (χ1) is 17.5. The van der Waals surface area contributed by atoms with Crippen molar-refractivity contribution < 1.29 is 33.3 Å². The van der Waals surface area contributed by atoms with Crippen LogP contribution in [-0.2, 0) is 9.59 Å². The topological polar surface area (TPSA) is 80.3 Å². The lowest BCUT2D eigenvalue weighted by Gasteiger charge is -2.28. The molecule has 1 aliphatic carbocycles. The van der Waals surface area contributed by atoms with Crippen molar-refractivity contribution in [3.8, 4) is 28.7 Å². The van der Waals surface area contributed by atoms with Crippen molar-refractivity contribution in [2.24, 2.45) is 16.7 Å². The van der Waals surface area contributed by atoms with Crippen LogP contribution in [0.2, 0.25) is 0 Å². The highest BCUT2D eigenvalue weighted by molar-refractivity contribution is 6.02. The molecule has 0 aliphatic heterocycles. The molecule has 37 heavy (non-hydrogen) atoms. The number of esters is 2. The lowest BCUT2D eigenvalue weighted by Crippen LogP contribution is -2.33. The summed E-state index contributed by atoms with van der Waals surface area (Å²) in [5, 5.41) is 1.03. The fourth-order valence-electron chi connectivity index (χ4n) is 3.95. The van der Waals surface area contributed by atoms with Crippen LogP contribution in [0.5, 0.6) is 28.7 Å². The Bertz CT molecular complexity index is 1220. The molecule has 1 atom stereocenters. The first-order valence-corrected chi connectivity index (χ1v) is 12.6. The molecule has 7 nitrogen and oxygen atoms in total. The van der Waals surface area contributed by atoms with Crippen molar-refractivity contribution in [3.63, 3.8) is 0 Å². The third-order valence-corrected chi connectivity index (χ3v) is 6.27. The van der Waals surface area contributed by atoms with Gasteiger partial charge in [-0.15, -0.1) is 0 Å². The van der Waals surface area contributed by atoms with Gasteiger partial charge in [0.1, 0.15) is 5.75 Å². The minimum absolute atomic E-state index is 0.155. The van der Waals surface area contributed by atoms with E-state index in [0.29, 0.717) is 41.9 Å². The third-order valence-electron chi connectivity index (χ3n) is 6.27. The summed E-state index contributed by atoms with van der Waals surface area (Å²) < 4.78 is 29.3. The predicted molar refractivity (Wildman–Crippen MR) is 144 cm³/mol. The van der Waals surface area contributed by atoms with Gasteiger partial charge in [-0.3, -0.25) is 9.59 Å². The predicted octanol–water partition coefficient (Wildman–Crippen LogP) is 6.66. The lowest BCUT2D eigenvalue weighted by atomic mass is 9.79. The molecule has 7 heteroatoms. The number of rotatable bonds is 9. The van der Waals surface area contributed by atoms with Crippen LogP contribution in [0.1, 0.15) is 54.4 Å². The van der Waals surface area contributed by atoms with E-state index in [1.54, 1.807) is 39.0 Å². The molecule has 1 aliphatic rings. The van der Waals surface area contributed by atoms with Crippen LogP contribution in [-0.4, -0.2) is 32.8 Å². The van der Waals surface area contributed by atoms with Crippen LogP contribution >= 0.6 is 0 Å². The number of fused-ring (bicyclic) bond motifs is 1. The molecule has 0 saturated heterocycles. The zero-order chi connectivity index (χ0) is 27.4. The highest BCUT2D eigenvalue weighted by Crippen LogP contribution is 2.53. The van der Waals surface area contributed by atoms with Gasteiger partial charge >= 0.3 is 11.9 Å². The number of methoxy groups -OCH3 is 2. The highest BCUT2D eigenvalue weighted by atomic mass is 16.6. The summed E-state index contributed by atoms with van der Waals surface area (Å²) in [6, 6.07) is 5.33. The number of allylic oxidation sites excluding steroid dienone is 3. The minimum atomic E-state index is -0.803. The van der Waals surface area contributed by atoms with Gasteiger partial charge in [-0.2, -0.15) is 0 Å². The fourth-order valence-corrected chi connectivity index (χ4v) is 3.95. The summed E-state index contributed by atoms with van der Waals surface area (Å²) in [7, 11) is 2.90. The zero-order valence-corrected chi connectivity index (χ0v) is 23.1. The zero-order valence-electron chi connectivity index (χ0n) is 23.1. The van der Waals surface area contributed by atoms with Crippen LogP contribution in [0.4, 0.5) is 0 Å². The van der Waals surface area contributed by atoms with Gasteiger partial charge in [0.15, 0.2) is 11.5 Å². The number of hydrogen-bond acceptors (Lipinski definition) is 7. The Morgan fingerprint density at radius 2 is 1.59 bits per heavy atom. The summed E-state index contributed by atoms with van der Waals surface area (Å²) in [6.07, 6.45) is 8.69. The van der Waals surface area contributed by atoms with E-state index in [1.165, 1.54) is 14.2 Å². The van der Waals surface area contributed by atoms with Crippen molar-refractivity contribution in [3.05, 3.63) is 42.5 Å². The maximum absolute atomic E-state index is 13.6. The average Bonchev–Trinajstić information content (AvgIpc) is 2.87. The number of ether oxygens (including phenoxy) is 5. The van der Waals surface area contributed by atoms with Gasteiger partial charge in [0, 0.05) is 10.8 Å². The molecule has 3 rings (SSSR count). The van der Waals surface area contributed by atoms with Gasteiger partial charge in [-0.05, 0) is 57.7 Å². The molecule has 2 aromatic rings. The van der Waals surface area contributed by atoms with E-state index < -0.39 is 22.8 Å². The summed E-state index contributed by atoms with van der Waals surface area (Å²) in [5.41, 5.74) is -1.56.